The van der Waals surface area contributed by atoms with Gasteiger partial charge in [-0.05, 0) is 47.8 Å². The van der Waals surface area contributed by atoms with Gasteiger partial charge >= 0.3 is 7.60 Å². The van der Waals surface area contributed by atoms with Crippen molar-refractivity contribution in [2.75, 3.05) is 18.5 Å². The highest BCUT2D eigenvalue weighted by atomic mass is 79.9. The van der Waals surface area contributed by atoms with Crippen LogP contribution in [0.2, 0.25) is 0 Å². The molecule has 0 aliphatic carbocycles. The normalized spacial score (nSPS) is 24.7. The predicted molar refractivity (Wildman–Crippen MR) is 150 cm³/mol. The number of ketones is 2. The molecule has 0 bridgehead atoms. The molecule has 4 rings (SSSR count). The summed E-state index contributed by atoms with van der Waals surface area (Å²) >= 11 is 2.87. The van der Waals surface area contributed by atoms with Gasteiger partial charge in [0.15, 0.2) is 17.4 Å². The van der Waals surface area contributed by atoms with Crippen molar-refractivity contribution in [1.29, 1.82) is 0 Å². The van der Waals surface area contributed by atoms with Crippen molar-refractivity contribution in [3.05, 3.63) is 46.5 Å². The molecule has 0 saturated carbocycles. The number of alkyl halides is 2. The maximum absolute atomic E-state index is 15.8. The van der Waals surface area contributed by atoms with Crippen LogP contribution in [0.4, 0.5) is 10.3 Å². The average molecular weight is 658 g/mol. The van der Waals surface area contributed by atoms with Crippen LogP contribution in [-0.4, -0.2) is 65.7 Å². The van der Waals surface area contributed by atoms with Crippen molar-refractivity contribution < 1.29 is 37.4 Å². The summed E-state index contributed by atoms with van der Waals surface area (Å²) in [5, 5.41) is 10.8. The molecule has 1 aliphatic heterocycles. The summed E-state index contributed by atoms with van der Waals surface area (Å²) in [6.45, 7) is 3.77. The molecule has 3 aromatic rings. The van der Waals surface area contributed by atoms with Crippen molar-refractivity contribution in [3.8, 4) is 5.75 Å². The van der Waals surface area contributed by atoms with E-state index in [1.807, 2.05) is 0 Å². The number of hydrogen-bond acceptors (Lipinski definition) is 11. The Morgan fingerprint density at radius 3 is 2.76 bits per heavy atom. The smallest absolute Gasteiger partial charge is 0.380 e. The molecule has 41 heavy (non-hydrogen) atoms. The maximum atomic E-state index is 15.8. The van der Waals surface area contributed by atoms with Gasteiger partial charge in [-0.15, -0.1) is 0 Å². The standard InChI is InChI=1S/C25H30BrFN5O8P/c1-13(15(3)34)11-41(37,40-17-7-5-4-6-16(17)9-8-14(2)33)38-10-18-20(35)25(26,27)23(39-18)32-12-29-19-21(32)30-24(28)31-22(19)36/h4-7,12-13,18,20,23,35H,8-11H2,1-3H3,(H3,28,30,31,36)/t13-,18-,20+,23-,25?,41?/m1/s1. The van der Waals surface area contributed by atoms with Crippen molar-refractivity contribution >= 4 is 52.2 Å². The number of aliphatic hydroxyl groups is 1. The number of aromatic amines is 1. The molecule has 1 fully saturated rings. The molecule has 0 radical (unpaired) electrons. The van der Waals surface area contributed by atoms with Crippen LogP contribution in [0.5, 0.6) is 5.75 Å². The molecular weight excluding hydrogens is 628 g/mol. The summed E-state index contributed by atoms with van der Waals surface area (Å²) in [4.78, 5) is 45.9. The quantitative estimate of drug-likeness (QED) is 0.192. The Labute approximate surface area is 242 Å². The maximum Gasteiger partial charge on any atom is 0.380 e. The zero-order valence-electron chi connectivity index (χ0n) is 22.5. The molecule has 0 spiro atoms. The molecule has 6 atom stereocenters. The number of halogens is 2. The average Bonchev–Trinajstić information content (AvgIpc) is 3.40. The van der Waals surface area contributed by atoms with Gasteiger partial charge in [0.05, 0.1) is 19.1 Å². The van der Waals surface area contributed by atoms with E-state index in [-0.39, 0.29) is 47.0 Å². The second kappa shape index (κ2) is 12.1. The fourth-order valence-electron chi connectivity index (χ4n) is 4.25. The van der Waals surface area contributed by atoms with Crippen LogP contribution in [0.15, 0.2) is 35.4 Å². The molecule has 2 unspecified atom stereocenters. The van der Waals surface area contributed by atoms with Crippen LogP contribution in [0, 0.1) is 5.92 Å². The Balaban J connectivity index is 1.58. The molecule has 3 heterocycles. The van der Waals surface area contributed by atoms with Crippen molar-refractivity contribution in [2.45, 2.75) is 56.6 Å². The molecule has 1 saturated heterocycles. The van der Waals surface area contributed by atoms with Crippen LogP contribution in [-0.2, 0) is 29.8 Å². The van der Waals surface area contributed by atoms with Crippen LogP contribution >= 0.6 is 23.5 Å². The van der Waals surface area contributed by atoms with Crippen LogP contribution in [0.25, 0.3) is 11.2 Å². The first kappa shape index (κ1) is 31.0. The van der Waals surface area contributed by atoms with Crippen LogP contribution in [0.3, 0.4) is 0 Å². The summed E-state index contributed by atoms with van der Waals surface area (Å²) < 4.78 is 45.6. The zero-order chi connectivity index (χ0) is 30.1. The number of nitrogens with zero attached hydrogens (tertiary/aromatic N) is 3. The summed E-state index contributed by atoms with van der Waals surface area (Å²) in [5.41, 5.74) is 5.38. The largest absolute Gasteiger partial charge is 0.424 e. The first-order valence-corrected chi connectivity index (χ1v) is 15.2. The lowest BCUT2D eigenvalue weighted by atomic mass is 10.1. The number of hydrogen-bond donors (Lipinski definition) is 3. The Morgan fingerprint density at radius 1 is 1.37 bits per heavy atom. The first-order chi connectivity index (χ1) is 19.2. The van der Waals surface area contributed by atoms with Crippen molar-refractivity contribution in [2.24, 2.45) is 5.92 Å². The van der Waals surface area contributed by atoms with E-state index in [9.17, 15) is 24.1 Å². The molecule has 1 aliphatic rings. The topological polar surface area (TPSA) is 189 Å². The minimum atomic E-state index is -4.11. The van der Waals surface area contributed by atoms with E-state index in [1.54, 1.807) is 31.2 Å². The number of nitrogens with two attached hydrogens (primary N) is 1. The Kier molecular flexibility index (Phi) is 9.14. The molecule has 0 amide bonds. The summed E-state index contributed by atoms with van der Waals surface area (Å²) in [6, 6.07) is 6.68. The summed E-state index contributed by atoms with van der Waals surface area (Å²) in [5.74, 6) is -1.03. The first-order valence-electron chi connectivity index (χ1n) is 12.7. The van der Waals surface area contributed by atoms with E-state index in [4.69, 9.17) is 19.5 Å². The van der Waals surface area contributed by atoms with Gasteiger partial charge in [0, 0.05) is 12.3 Å². The number of Topliss-reactive ketones (excluding diaryl/α,β-unsaturated/α-hetero) is 2. The molecule has 222 valence electrons. The number of nitrogens with one attached hydrogen (secondary N) is 1. The summed E-state index contributed by atoms with van der Waals surface area (Å²) in [7, 11) is -4.11. The van der Waals surface area contributed by atoms with E-state index >= 15 is 4.39 Å². The summed E-state index contributed by atoms with van der Waals surface area (Å²) in [6.07, 6.45) is -3.42. The monoisotopic (exact) mass is 657 g/mol. The number of H-pyrrole nitrogens is 1. The lowest BCUT2D eigenvalue weighted by Gasteiger charge is -2.25. The zero-order valence-corrected chi connectivity index (χ0v) is 24.9. The number of imidazole rings is 1. The number of carbonyl (C=O) groups excluding carboxylic acids is 2. The third kappa shape index (κ3) is 6.75. The van der Waals surface area contributed by atoms with E-state index in [2.05, 4.69) is 30.9 Å². The predicted octanol–water partition coefficient (Wildman–Crippen LogP) is 3.06. The number of anilines is 1. The Bertz CT molecular complexity index is 1560. The highest BCUT2D eigenvalue weighted by molar-refractivity contribution is 9.10. The van der Waals surface area contributed by atoms with Crippen molar-refractivity contribution in [3.63, 3.8) is 0 Å². The molecule has 2 aromatic heterocycles. The van der Waals surface area contributed by atoms with Gasteiger partial charge in [-0.1, -0.05) is 25.1 Å². The van der Waals surface area contributed by atoms with Crippen molar-refractivity contribution in [1.82, 2.24) is 19.5 Å². The number of fused-ring (bicyclic) bond motifs is 1. The molecule has 16 heteroatoms. The van der Waals surface area contributed by atoms with E-state index < -0.39 is 48.7 Å². The lowest BCUT2D eigenvalue weighted by molar-refractivity contribution is -0.120. The SMILES string of the molecule is CC(=O)CCc1ccccc1OP(=O)(C[C@@H](C)C(C)=O)OC[C@H]1O[C@@H](n2cnc3c(=O)[nH]c(N)nc32)C(F)(Br)[C@H]1O. The minimum absolute atomic E-state index is 0.0380. The van der Waals surface area contributed by atoms with E-state index in [0.717, 1.165) is 10.9 Å². The fourth-order valence-corrected chi connectivity index (χ4v) is 6.88. The number of carbonyl (C=O) groups is 2. The number of benzene rings is 1. The number of rotatable bonds is 12. The van der Waals surface area contributed by atoms with Crippen LogP contribution in [0.1, 0.15) is 39.0 Å². The Hall–Kier alpha value is -2.97. The second-order valence-corrected chi connectivity index (χ2v) is 13.2. The molecule has 4 N–H and O–H groups in total. The number of ether oxygens (including phenoxy) is 1. The van der Waals surface area contributed by atoms with Gasteiger partial charge in [0.2, 0.25) is 10.5 Å². The number of nitrogen functional groups attached to an aromatic ring is 1. The number of aryl methyl sites for hydroxylation is 1. The third-order valence-electron chi connectivity index (χ3n) is 6.67. The highest BCUT2D eigenvalue weighted by Gasteiger charge is 2.57. The third-order valence-corrected chi connectivity index (χ3v) is 9.54. The fraction of sp³-hybridized carbons (Fsp3) is 0.480. The number of aromatic nitrogens is 4. The molecule has 1 aromatic carbocycles. The van der Waals surface area contributed by atoms with Gasteiger partial charge in [-0.2, -0.15) is 4.98 Å². The van der Waals surface area contributed by atoms with Crippen LogP contribution < -0.4 is 15.8 Å². The van der Waals surface area contributed by atoms with Gasteiger partial charge in [0.25, 0.3) is 5.56 Å². The second-order valence-electron chi connectivity index (χ2n) is 9.92. The molecular formula is C25H30BrFN5O8P. The van der Waals surface area contributed by atoms with Gasteiger partial charge in [-0.25, -0.2) is 13.9 Å². The molecule has 13 nitrogen and oxygen atoms in total. The van der Waals surface area contributed by atoms with E-state index in [1.165, 1.54) is 13.8 Å². The minimum Gasteiger partial charge on any atom is -0.424 e. The van der Waals surface area contributed by atoms with Gasteiger partial charge in [0.1, 0.15) is 29.5 Å². The highest BCUT2D eigenvalue weighted by Crippen LogP contribution is 2.53. The number of aliphatic hydroxyl groups excluding tert-OH is 1. The number of para-hydroxylation sites is 1. The Morgan fingerprint density at radius 2 is 2.07 bits per heavy atom. The van der Waals surface area contributed by atoms with Gasteiger partial charge < -0.3 is 24.9 Å². The van der Waals surface area contributed by atoms with Gasteiger partial charge in [-0.3, -0.25) is 23.7 Å². The lowest BCUT2D eigenvalue weighted by Crippen LogP contribution is -2.38. The van der Waals surface area contributed by atoms with E-state index in [0.29, 0.717) is 12.0 Å².